The Morgan fingerprint density at radius 2 is 1.33 bits per heavy atom. The number of hydrogen-bond acceptors (Lipinski definition) is 2. The highest BCUT2D eigenvalue weighted by molar-refractivity contribution is 5.92. The molecule has 0 fully saturated rings. The van der Waals surface area contributed by atoms with Crippen LogP contribution in [0.5, 0.6) is 0 Å². The van der Waals surface area contributed by atoms with Gasteiger partial charge in [0.1, 0.15) is 0 Å². The number of carbonyl (C=O) groups excluding carboxylic acids is 1. The van der Waals surface area contributed by atoms with Crippen LogP contribution in [0.25, 0.3) is 0 Å². The summed E-state index contributed by atoms with van der Waals surface area (Å²) in [4.78, 5) is 12.1. The lowest BCUT2D eigenvalue weighted by Crippen LogP contribution is -2.44. The molecule has 0 aromatic carbocycles. The van der Waals surface area contributed by atoms with Crippen LogP contribution < -0.4 is 5.43 Å². The lowest BCUT2D eigenvalue weighted by atomic mass is 10.1. The van der Waals surface area contributed by atoms with Crippen LogP contribution in [0.2, 0.25) is 0 Å². The van der Waals surface area contributed by atoms with Crippen LogP contribution in [0.3, 0.4) is 0 Å². The summed E-state index contributed by atoms with van der Waals surface area (Å²) in [6, 6.07) is 0. The first-order valence-corrected chi connectivity index (χ1v) is 10.3. The van der Waals surface area contributed by atoms with E-state index < -0.39 is 0 Å². The van der Waals surface area contributed by atoms with Crippen molar-refractivity contribution in [3.63, 3.8) is 0 Å². The van der Waals surface area contributed by atoms with Gasteiger partial charge in [-0.2, -0.15) is 0 Å². The van der Waals surface area contributed by atoms with Crippen molar-refractivity contribution < 1.29 is 4.79 Å². The third kappa shape index (κ3) is 12.6. The molecule has 0 bridgehead atoms. The Bertz CT molecular complexity index is 326. The van der Waals surface area contributed by atoms with Crippen molar-refractivity contribution in [1.29, 1.82) is 0 Å². The van der Waals surface area contributed by atoms with Gasteiger partial charge in [0.05, 0.1) is 0 Å². The van der Waals surface area contributed by atoms with Crippen molar-refractivity contribution >= 4 is 5.91 Å². The van der Waals surface area contributed by atoms with Gasteiger partial charge in [0.25, 0.3) is 5.91 Å². The largest absolute Gasteiger partial charge is 0.285 e. The summed E-state index contributed by atoms with van der Waals surface area (Å²) in [7, 11) is 0. The van der Waals surface area contributed by atoms with Crippen LogP contribution in [-0.2, 0) is 4.79 Å². The van der Waals surface area contributed by atoms with Gasteiger partial charge in [0.2, 0.25) is 0 Å². The second-order valence-corrected chi connectivity index (χ2v) is 7.29. The second-order valence-electron chi connectivity index (χ2n) is 7.29. The van der Waals surface area contributed by atoms with Gasteiger partial charge in [-0.3, -0.25) is 10.2 Å². The van der Waals surface area contributed by atoms with E-state index in [-0.39, 0.29) is 11.8 Å². The maximum Gasteiger partial charge on any atom is 0.261 e. The molecular formula is C21H42N2O. The summed E-state index contributed by atoms with van der Waals surface area (Å²) in [5.74, 6) is 0.177. The fraction of sp³-hybridized carbons (Fsp3) is 0.857. The van der Waals surface area contributed by atoms with Gasteiger partial charge in [-0.1, -0.05) is 92.1 Å². The van der Waals surface area contributed by atoms with E-state index in [2.05, 4.69) is 30.9 Å². The number of amides is 1. The van der Waals surface area contributed by atoms with Crippen LogP contribution in [0.4, 0.5) is 0 Å². The number of hydrazine groups is 1. The monoisotopic (exact) mass is 338 g/mol. The normalized spacial score (nSPS) is 11.2. The summed E-state index contributed by atoms with van der Waals surface area (Å²) in [6.45, 7) is 14.2. The third-order valence-electron chi connectivity index (χ3n) is 4.52. The average Bonchev–Trinajstić information content (AvgIpc) is 2.55. The summed E-state index contributed by atoms with van der Waals surface area (Å²) < 4.78 is 0. The highest BCUT2D eigenvalue weighted by atomic mass is 16.2. The molecule has 0 aromatic rings. The summed E-state index contributed by atoms with van der Waals surface area (Å²) in [5.41, 5.74) is 3.69. The van der Waals surface area contributed by atoms with Crippen LogP contribution >= 0.6 is 0 Å². The molecule has 0 saturated heterocycles. The fourth-order valence-electron chi connectivity index (χ4n) is 2.76. The van der Waals surface area contributed by atoms with Gasteiger partial charge in [0, 0.05) is 18.7 Å². The van der Waals surface area contributed by atoms with Crippen LogP contribution in [0, 0.1) is 5.92 Å². The molecule has 142 valence electrons. The molecule has 3 heteroatoms. The summed E-state index contributed by atoms with van der Waals surface area (Å²) in [5, 5.41) is 2.07. The summed E-state index contributed by atoms with van der Waals surface area (Å²) in [6.07, 6.45) is 14.5. The van der Waals surface area contributed by atoms with Crippen molar-refractivity contribution in [2.24, 2.45) is 5.92 Å². The SMILES string of the molecule is C=C(C(=O)NN(CCC)CCCCCCCCCCCC)C(C)C. The molecule has 0 unspecified atom stereocenters. The highest BCUT2D eigenvalue weighted by Crippen LogP contribution is 2.11. The predicted molar refractivity (Wildman–Crippen MR) is 106 cm³/mol. The Balaban J connectivity index is 3.75. The van der Waals surface area contributed by atoms with Crippen molar-refractivity contribution in [2.45, 2.75) is 98.3 Å². The van der Waals surface area contributed by atoms with E-state index in [4.69, 9.17) is 0 Å². The van der Waals surface area contributed by atoms with Gasteiger partial charge >= 0.3 is 0 Å². The zero-order valence-electron chi connectivity index (χ0n) is 16.8. The lowest BCUT2D eigenvalue weighted by Gasteiger charge is -2.23. The Morgan fingerprint density at radius 3 is 1.79 bits per heavy atom. The first-order valence-electron chi connectivity index (χ1n) is 10.3. The van der Waals surface area contributed by atoms with Gasteiger partial charge in [-0.15, -0.1) is 0 Å². The average molecular weight is 339 g/mol. The molecule has 3 nitrogen and oxygen atoms in total. The highest BCUT2D eigenvalue weighted by Gasteiger charge is 2.13. The quantitative estimate of drug-likeness (QED) is 0.217. The molecule has 0 heterocycles. The van der Waals surface area contributed by atoms with Gasteiger partial charge in [-0.25, -0.2) is 5.01 Å². The second kappa shape index (κ2) is 15.7. The molecule has 0 saturated carbocycles. The van der Waals surface area contributed by atoms with E-state index in [0.717, 1.165) is 25.9 Å². The molecule has 0 rings (SSSR count). The van der Waals surface area contributed by atoms with E-state index in [1.54, 1.807) is 0 Å². The molecule has 0 aromatic heterocycles. The molecule has 0 aliphatic rings. The molecule has 0 atom stereocenters. The smallest absolute Gasteiger partial charge is 0.261 e. The van der Waals surface area contributed by atoms with Gasteiger partial charge in [-0.05, 0) is 18.8 Å². The van der Waals surface area contributed by atoms with E-state index in [1.807, 2.05) is 13.8 Å². The van der Waals surface area contributed by atoms with Crippen molar-refractivity contribution in [2.75, 3.05) is 13.1 Å². The number of rotatable bonds is 16. The van der Waals surface area contributed by atoms with Crippen LogP contribution in [-0.4, -0.2) is 24.0 Å². The Kier molecular flexibility index (Phi) is 15.1. The molecular weight excluding hydrogens is 296 g/mol. The molecule has 0 aliphatic carbocycles. The minimum absolute atomic E-state index is 0.0227. The summed E-state index contributed by atoms with van der Waals surface area (Å²) >= 11 is 0. The third-order valence-corrected chi connectivity index (χ3v) is 4.52. The standard InChI is InChI=1S/C21H42N2O/c1-6-8-9-10-11-12-13-14-15-16-18-23(17-7-2)22-21(24)20(5)19(3)4/h19H,5-18H2,1-4H3,(H,22,24). The topological polar surface area (TPSA) is 32.3 Å². The maximum atomic E-state index is 12.1. The first-order chi connectivity index (χ1) is 11.5. The van der Waals surface area contributed by atoms with E-state index in [0.29, 0.717) is 5.57 Å². The minimum Gasteiger partial charge on any atom is -0.285 e. The zero-order valence-corrected chi connectivity index (χ0v) is 16.8. The van der Waals surface area contributed by atoms with Crippen LogP contribution in [0.15, 0.2) is 12.2 Å². The van der Waals surface area contributed by atoms with Crippen molar-refractivity contribution in [3.8, 4) is 0 Å². The first kappa shape index (κ1) is 23.2. The Labute approximate surface area is 151 Å². The number of nitrogens with zero attached hydrogens (tertiary/aromatic N) is 1. The number of nitrogens with one attached hydrogen (secondary N) is 1. The lowest BCUT2D eigenvalue weighted by molar-refractivity contribution is -0.122. The van der Waals surface area contributed by atoms with Crippen LogP contribution in [0.1, 0.15) is 98.3 Å². The minimum atomic E-state index is -0.0227. The fourth-order valence-corrected chi connectivity index (χ4v) is 2.76. The van der Waals surface area contributed by atoms with Gasteiger partial charge in [0.15, 0.2) is 0 Å². The molecule has 0 spiro atoms. The molecule has 24 heavy (non-hydrogen) atoms. The Morgan fingerprint density at radius 1 is 0.833 bits per heavy atom. The van der Waals surface area contributed by atoms with Crippen molar-refractivity contribution in [3.05, 3.63) is 12.2 Å². The predicted octanol–water partition coefficient (Wildman–Crippen LogP) is 5.86. The van der Waals surface area contributed by atoms with Gasteiger partial charge < -0.3 is 0 Å². The maximum absolute atomic E-state index is 12.1. The zero-order chi connectivity index (χ0) is 18.2. The molecule has 1 amide bonds. The number of hydrogen-bond donors (Lipinski definition) is 1. The molecule has 0 radical (unpaired) electrons. The number of carbonyl (C=O) groups is 1. The molecule has 0 aliphatic heterocycles. The van der Waals surface area contributed by atoms with Crippen molar-refractivity contribution in [1.82, 2.24) is 10.4 Å². The Hall–Kier alpha value is -0.830. The van der Waals surface area contributed by atoms with E-state index in [1.165, 1.54) is 57.8 Å². The molecule has 1 N–H and O–H groups in total. The van der Waals surface area contributed by atoms with E-state index >= 15 is 0 Å². The van der Waals surface area contributed by atoms with E-state index in [9.17, 15) is 4.79 Å². The number of unbranched alkanes of at least 4 members (excludes halogenated alkanes) is 9.